The van der Waals surface area contributed by atoms with Crippen molar-refractivity contribution in [2.24, 2.45) is 5.92 Å². The van der Waals surface area contributed by atoms with Crippen molar-refractivity contribution in [1.82, 2.24) is 10.2 Å². The lowest BCUT2D eigenvalue weighted by Crippen LogP contribution is -2.52. The van der Waals surface area contributed by atoms with E-state index in [4.69, 9.17) is 11.6 Å². The van der Waals surface area contributed by atoms with Gasteiger partial charge in [-0.15, -0.1) is 0 Å². The van der Waals surface area contributed by atoms with E-state index in [1.807, 2.05) is 39.0 Å². The summed E-state index contributed by atoms with van der Waals surface area (Å²) in [5, 5.41) is 3.37. The zero-order valence-corrected chi connectivity index (χ0v) is 23.6. The van der Waals surface area contributed by atoms with Gasteiger partial charge in [-0.2, -0.15) is 0 Å². The number of carbonyl (C=O) groups is 2. The molecule has 7 nitrogen and oxygen atoms in total. The van der Waals surface area contributed by atoms with Gasteiger partial charge < -0.3 is 10.2 Å². The van der Waals surface area contributed by atoms with Crippen LogP contribution in [0.15, 0.2) is 48.5 Å². The minimum Gasteiger partial charge on any atom is -0.354 e. The molecule has 0 heterocycles. The number of nitrogens with zero attached hydrogens (tertiary/aromatic N) is 2. The molecule has 0 bridgehead atoms. The Labute approximate surface area is 220 Å². The van der Waals surface area contributed by atoms with Crippen LogP contribution in [-0.4, -0.2) is 50.5 Å². The van der Waals surface area contributed by atoms with Crippen molar-refractivity contribution in [3.05, 3.63) is 64.7 Å². The van der Waals surface area contributed by atoms with Crippen LogP contribution in [0.5, 0.6) is 0 Å². The first-order valence-electron chi connectivity index (χ1n) is 12.2. The number of halogens is 1. The number of anilines is 1. The van der Waals surface area contributed by atoms with Gasteiger partial charge in [-0.1, -0.05) is 76.6 Å². The molecule has 2 amide bonds. The summed E-state index contributed by atoms with van der Waals surface area (Å²) in [7, 11) is -3.78. The summed E-state index contributed by atoms with van der Waals surface area (Å²) >= 11 is 6.37. The Kier molecular flexibility index (Phi) is 10.8. The smallest absolute Gasteiger partial charge is 0.244 e. The van der Waals surface area contributed by atoms with Gasteiger partial charge in [0.1, 0.15) is 12.6 Å². The molecule has 2 aromatic carbocycles. The summed E-state index contributed by atoms with van der Waals surface area (Å²) in [5.74, 6) is -0.236. The average molecular weight is 536 g/mol. The number of sulfonamides is 1. The monoisotopic (exact) mass is 535 g/mol. The molecule has 0 radical (unpaired) electrons. The zero-order valence-electron chi connectivity index (χ0n) is 22.0. The van der Waals surface area contributed by atoms with Gasteiger partial charge in [0.25, 0.3) is 0 Å². The lowest BCUT2D eigenvalue weighted by molar-refractivity contribution is -0.140. The van der Waals surface area contributed by atoms with Crippen molar-refractivity contribution < 1.29 is 18.0 Å². The topological polar surface area (TPSA) is 86.8 Å². The number of carbonyl (C=O) groups excluding carboxylic acids is 2. The fourth-order valence-electron chi connectivity index (χ4n) is 3.79. The van der Waals surface area contributed by atoms with Crippen LogP contribution in [0.3, 0.4) is 0 Å². The molecule has 198 valence electrons. The minimum atomic E-state index is -3.78. The molecular weight excluding hydrogens is 498 g/mol. The molecule has 0 spiro atoms. The van der Waals surface area contributed by atoms with Crippen molar-refractivity contribution in [2.75, 3.05) is 23.7 Å². The van der Waals surface area contributed by atoms with Crippen molar-refractivity contribution in [1.29, 1.82) is 0 Å². The lowest BCUT2D eigenvalue weighted by Gasteiger charge is -2.33. The maximum atomic E-state index is 13.7. The second kappa shape index (κ2) is 13.1. The summed E-state index contributed by atoms with van der Waals surface area (Å²) in [6.07, 6.45) is 1.43. The first kappa shape index (κ1) is 29.6. The maximum absolute atomic E-state index is 13.7. The van der Waals surface area contributed by atoms with Gasteiger partial charge >= 0.3 is 0 Å². The lowest BCUT2D eigenvalue weighted by atomic mass is 10.0. The third-order valence-corrected chi connectivity index (χ3v) is 7.41. The van der Waals surface area contributed by atoms with Gasteiger partial charge in [-0.3, -0.25) is 13.9 Å². The van der Waals surface area contributed by atoms with Gasteiger partial charge in [0.15, 0.2) is 0 Å². The van der Waals surface area contributed by atoms with Crippen molar-refractivity contribution in [3.8, 4) is 0 Å². The molecule has 0 aromatic heterocycles. The van der Waals surface area contributed by atoms with Gasteiger partial charge in [0.05, 0.1) is 11.9 Å². The Hall–Kier alpha value is -2.58. The van der Waals surface area contributed by atoms with E-state index in [0.717, 1.165) is 16.1 Å². The molecule has 0 aliphatic rings. The molecule has 0 aliphatic carbocycles. The number of nitrogens with one attached hydrogen (secondary N) is 1. The van der Waals surface area contributed by atoms with Crippen molar-refractivity contribution in [3.63, 3.8) is 0 Å². The van der Waals surface area contributed by atoms with Crippen LogP contribution in [0, 0.1) is 5.92 Å². The first-order chi connectivity index (χ1) is 16.8. The molecule has 0 saturated heterocycles. The molecule has 0 saturated carbocycles. The van der Waals surface area contributed by atoms with E-state index in [1.165, 1.54) is 4.90 Å². The highest BCUT2D eigenvalue weighted by Gasteiger charge is 2.32. The van der Waals surface area contributed by atoms with Gasteiger partial charge in [0.2, 0.25) is 21.8 Å². The first-order valence-corrected chi connectivity index (χ1v) is 14.5. The SMILES string of the molecule is CC[C@@H](C(=O)NCC(C)C)N(Cc1ccccc1Cl)C(=O)CN(c1ccc(C(C)C)cc1)S(C)(=O)=O. The Balaban J connectivity index is 2.43. The second-order valence-corrected chi connectivity index (χ2v) is 12.0. The van der Waals surface area contributed by atoms with E-state index in [1.54, 1.807) is 30.3 Å². The third-order valence-electron chi connectivity index (χ3n) is 5.90. The number of hydrogen-bond acceptors (Lipinski definition) is 4. The summed E-state index contributed by atoms with van der Waals surface area (Å²) in [6.45, 7) is 10.0. The van der Waals surface area contributed by atoms with Crippen LogP contribution in [0.1, 0.15) is 58.1 Å². The molecule has 0 fully saturated rings. The predicted molar refractivity (Wildman–Crippen MR) is 147 cm³/mol. The molecular formula is C27H38ClN3O4S. The van der Waals surface area contributed by atoms with Crippen LogP contribution >= 0.6 is 11.6 Å². The minimum absolute atomic E-state index is 0.0794. The molecule has 2 rings (SSSR count). The third kappa shape index (κ3) is 8.23. The average Bonchev–Trinajstić information content (AvgIpc) is 2.81. The Morgan fingerprint density at radius 3 is 2.11 bits per heavy atom. The quantitative estimate of drug-likeness (QED) is 0.422. The van der Waals surface area contributed by atoms with E-state index in [-0.39, 0.29) is 24.3 Å². The highest BCUT2D eigenvalue weighted by atomic mass is 35.5. The largest absolute Gasteiger partial charge is 0.354 e. The van der Waals surface area contributed by atoms with Gasteiger partial charge in [-0.25, -0.2) is 8.42 Å². The van der Waals surface area contributed by atoms with Gasteiger partial charge in [0, 0.05) is 18.1 Å². The highest BCUT2D eigenvalue weighted by molar-refractivity contribution is 7.92. The van der Waals surface area contributed by atoms with Crippen molar-refractivity contribution in [2.45, 2.75) is 59.5 Å². The number of benzene rings is 2. The van der Waals surface area contributed by atoms with E-state index < -0.39 is 28.5 Å². The molecule has 36 heavy (non-hydrogen) atoms. The van der Waals surface area contributed by atoms with Crippen LogP contribution < -0.4 is 9.62 Å². The maximum Gasteiger partial charge on any atom is 0.244 e. The summed E-state index contributed by atoms with van der Waals surface area (Å²) in [5.41, 5.74) is 2.13. The summed E-state index contributed by atoms with van der Waals surface area (Å²) in [6, 6.07) is 13.5. The predicted octanol–water partition coefficient (Wildman–Crippen LogP) is 4.81. The Morgan fingerprint density at radius 2 is 1.61 bits per heavy atom. The van der Waals surface area contributed by atoms with Crippen molar-refractivity contribution >= 4 is 39.1 Å². The Bertz CT molecular complexity index is 1130. The molecule has 0 aliphatic heterocycles. The fourth-order valence-corrected chi connectivity index (χ4v) is 4.84. The molecule has 0 unspecified atom stereocenters. The molecule has 2 aromatic rings. The zero-order chi connectivity index (χ0) is 27.0. The van der Waals surface area contributed by atoms with Crippen LogP contribution in [0.25, 0.3) is 0 Å². The van der Waals surface area contributed by atoms with Crippen LogP contribution in [0.4, 0.5) is 5.69 Å². The number of rotatable bonds is 12. The fraction of sp³-hybridized carbons (Fsp3) is 0.481. The van der Waals surface area contributed by atoms with E-state index >= 15 is 0 Å². The molecule has 9 heteroatoms. The summed E-state index contributed by atoms with van der Waals surface area (Å²) < 4.78 is 26.5. The second-order valence-electron chi connectivity index (χ2n) is 9.69. The van der Waals surface area contributed by atoms with E-state index in [2.05, 4.69) is 19.2 Å². The number of amides is 2. The molecule has 1 atom stereocenters. The Morgan fingerprint density at radius 1 is 1.00 bits per heavy atom. The number of hydrogen-bond donors (Lipinski definition) is 1. The highest BCUT2D eigenvalue weighted by Crippen LogP contribution is 2.24. The van der Waals surface area contributed by atoms with Gasteiger partial charge in [-0.05, 0) is 47.6 Å². The standard InChI is InChI=1S/C27H38ClN3O4S/c1-7-25(27(33)29-16-19(2)3)30(17-22-10-8-9-11-24(22)28)26(32)18-31(36(6,34)35)23-14-12-21(13-15-23)20(4)5/h8-15,19-20,25H,7,16-18H2,1-6H3,(H,29,33)/t25-/m0/s1. The van der Waals surface area contributed by atoms with E-state index in [9.17, 15) is 18.0 Å². The van der Waals surface area contributed by atoms with E-state index in [0.29, 0.717) is 29.2 Å². The van der Waals surface area contributed by atoms with Crippen LogP contribution in [0.2, 0.25) is 5.02 Å². The normalized spacial score (nSPS) is 12.5. The summed E-state index contributed by atoms with van der Waals surface area (Å²) in [4.78, 5) is 28.2. The van der Waals surface area contributed by atoms with Crippen LogP contribution in [-0.2, 0) is 26.2 Å². The molecule has 1 N–H and O–H groups in total.